The molecule has 0 fully saturated rings. The molecule has 4 rings (SSSR count). The number of hydrogen-bond donors (Lipinski definition) is 4. The molecule has 4 N–H and O–H groups in total. The highest BCUT2D eigenvalue weighted by Crippen LogP contribution is 2.26. The smallest absolute Gasteiger partial charge is 0.251 e. The van der Waals surface area contributed by atoms with E-state index in [1.54, 1.807) is 42.6 Å². The Morgan fingerprint density at radius 2 is 1.74 bits per heavy atom. The van der Waals surface area contributed by atoms with Crippen LogP contribution in [-0.2, 0) is 16.6 Å². The highest BCUT2D eigenvalue weighted by atomic mass is 32.2. The van der Waals surface area contributed by atoms with Crippen LogP contribution in [0.5, 0.6) is 0 Å². The standard InChI is InChI=1S/C27H34N8O3S/c1-34(2)17-7-15-29-26(36)19-10-12-21(13-11-19)31-27-32-24-22(14-16-28-24)25(33-27)30-18-20-8-5-6-9-23(20)35(3)39(4,37)38/h5-6,8-14,16H,7,15,17-18H2,1-4H3,(H,29,36)(H3,28,30,31,32,33). The molecule has 0 saturated carbocycles. The van der Waals surface area contributed by atoms with Gasteiger partial charge >= 0.3 is 0 Å². The number of sulfonamides is 1. The van der Waals surface area contributed by atoms with E-state index < -0.39 is 10.0 Å². The second-order valence-electron chi connectivity index (χ2n) is 9.46. The van der Waals surface area contributed by atoms with Crippen LogP contribution in [0.2, 0.25) is 0 Å². The summed E-state index contributed by atoms with van der Waals surface area (Å²) in [6.45, 7) is 1.88. The summed E-state index contributed by atoms with van der Waals surface area (Å²) in [6, 6.07) is 16.3. The molecule has 0 radical (unpaired) electrons. The van der Waals surface area contributed by atoms with Crippen molar-refractivity contribution in [2.45, 2.75) is 13.0 Å². The van der Waals surface area contributed by atoms with Gasteiger partial charge in [-0.2, -0.15) is 9.97 Å². The highest BCUT2D eigenvalue weighted by Gasteiger charge is 2.16. The van der Waals surface area contributed by atoms with Crippen LogP contribution < -0.4 is 20.3 Å². The van der Waals surface area contributed by atoms with E-state index >= 15 is 0 Å². The lowest BCUT2D eigenvalue weighted by Gasteiger charge is -2.20. The monoisotopic (exact) mass is 550 g/mol. The van der Waals surface area contributed by atoms with Crippen LogP contribution in [0.1, 0.15) is 22.3 Å². The first-order chi connectivity index (χ1) is 18.6. The van der Waals surface area contributed by atoms with Gasteiger partial charge in [0.25, 0.3) is 5.91 Å². The number of anilines is 4. The highest BCUT2D eigenvalue weighted by molar-refractivity contribution is 7.92. The zero-order chi connectivity index (χ0) is 28.0. The number of nitrogens with one attached hydrogen (secondary N) is 4. The lowest BCUT2D eigenvalue weighted by molar-refractivity contribution is 0.0952. The second-order valence-corrected chi connectivity index (χ2v) is 11.5. The lowest BCUT2D eigenvalue weighted by atomic mass is 10.1. The van der Waals surface area contributed by atoms with E-state index in [9.17, 15) is 13.2 Å². The van der Waals surface area contributed by atoms with Gasteiger partial charge in [0.05, 0.1) is 17.3 Å². The molecule has 0 saturated heterocycles. The number of rotatable bonds is 12. The van der Waals surface area contributed by atoms with Crippen molar-refractivity contribution in [2.24, 2.45) is 0 Å². The summed E-state index contributed by atoms with van der Waals surface area (Å²) in [6.07, 6.45) is 3.84. The van der Waals surface area contributed by atoms with Crippen molar-refractivity contribution in [3.63, 3.8) is 0 Å². The van der Waals surface area contributed by atoms with Gasteiger partial charge in [-0.25, -0.2) is 8.42 Å². The topological polar surface area (TPSA) is 135 Å². The molecule has 11 nitrogen and oxygen atoms in total. The van der Waals surface area contributed by atoms with Crippen molar-refractivity contribution in [1.82, 2.24) is 25.2 Å². The SMILES string of the molecule is CN(C)CCCNC(=O)c1ccc(Nc2nc(NCc3ccccc3N(C)S(C)(=O)=O)c3cc[nH]c3n2)cc1. The molecule has 0 aliphatic heterocycles. The largest absolute Gasteiger partial charge is 0.365 e. The number of nitrogens with zero attached hydrogens (tertiary/aromatic N) is 4. The number of aromatic amines is 1. The molecule has 1 amide bonds. The Morgan fingerprint density at radius 1 is 1.00 bits per heavy atom. The fourth-order valence-electron chi connectivity index (χ4n) is 3.99. The Bertz CT molecular complexity index is 1530. The number of H-pyrrole nitrogens is 1. The second kappa shape index (κ2) is 12.1. The molecule has 2 aromatic heterocycles. The van der Waals surface area contributed by atoms with Crippen molar-refractivity contribution >= 4 is 50.1 Å². The third-order valence-electron chi connectivity index (χ3n) is 6.16. The van der Waals surface area contributed by atoms with Gasteiger partial charge in [0, 0.05) is 37.6 Å². The van der Waals surface area contributed by atoms with Crippen LogP contribution >= 0.6 is 0 Å². The molecule has 0 unspecified atom stereocenters. The van der Waals surface area contributed by atoms with Gasteiger partial charge in [-0.3, -0.25) is 9.10 Å². The maximum atomic E-state index is 12.4. The average molecular weight is 551 g/mol. The fourth-order valence-corrected chi connectivity index (χ4v) is 4.53. The Balaban J connectivity index is 1.47. The molecule has 206 valence electrons. The van der Waals surface area contributed by atoms with E-state index in [1.165, 1.54) is 17.6 Å². The average Bonchev–Trinajstić information content (AvgIpc) is 3.38. The molecule has 0 atom stereocenters. The van der Waals surface area contributed by atoms with Crippen molar-refractivity contribution in [1.29, 1.82) is 0 Å². The van der Waals surface area contributed by atoms with Crippen LogP contribution in [-0.4, -0.2) is 74.7 Å². The van der Waals surface area contributed by atoms with Gasteiger partial charge in [-0.05, 0) is 69.0 Å². The number of para-hydroxylation sites is 1. The van der Waals surface area contributed by atoms with Crippen molar-refractivity contribution in [2.75, 3.05) is 55.4 Å². The first kappa shape index (κ1) is 27.9. The van der Waals surface area contributed by atoms with E-state index in [-0.39, 0.29) is 5.91 Å². The molecular formula is C27H34N8O3S. The van der Waals surface area contributed by atoms with Gasteiger partial charge < -0.3 is 25.8 Å². The fraction of sp³-hybridized carbons (Fsp3) is 0.296. The predicted molar refractivity (Wildman–Crippen MR) is 156 cm³/mol. The Morgan fingerprint density at radius 3 is 2.46 bits per heavy atom. The summed E-state index contributed by atoms with van der Waals surface area (Å²) < 4.78 is 25.5. The third kappa shape index (κ3) is 7.24. The maximum Gasteiger partial charge on any atom is 0.251 e. The quantitative estimate of drug-likeness (QED) is 0.197. The van der Waals surface area contributed by atoms with Crippen molar-refractivity contribution < 1.29 is 13.2 Å². The first-order valence-electron chi connectivity index (χ1n) is 12.5. The summed E-state index contributed by atoms with van der Waals surface area (Å²) in [4.78, 5) is 26.8. The molecule has 0 spiro atoms. The Labute approximate surface area is 228 Å². The van der Waals surface area contributed by atoms with Gasteiger partial charge in [-0.15, -0.1) is 0 Å². The minimum absolute atomic E-state index is 0.113. The zero-order valence-corrected chi connectivity index (χ0v) is 23.3. The molecule has 0 aliphatic carbocycles. The van der Waals surface area contributed by atoms with E-state index in [4.69, 9.17) is 0 Å². The van der Waals surface area contributed by atoms with Crippen LogP contribution in [0, 0.1) is 0 Å². The van der Waals surface area contributed by atoms with Gasteiger partial charge in [-0.1, -0.05) is 18.2 Å². The summed E-state index contributed by atoms with van der Waals surface area (Å²) in [5, 5.41) is 10.3. The minimum Gasteiger partial charge on any atom is -0.365 e. The van der Waals surface area contributed by atoms with Crippen LogP contribution in [0.25, 0.3) is 11.0 Å². The Hall–Kier alpha value is -4.16. The number of carbonyl (C=O) groups excluding carboxylic acids is 1. The van der Waals surface area contributed by atoms with E-state index in [2.05, 4.69) is 35.8 Å². The van der Waals surface area contributed by atoms with E-state index in [0.717, 1.165) is 29.6 Å². The van der Waals surface area contributed by atoms with E-state index in [1.807, 2.05) is 32.3 Å². The van der Waals surface area contributed by atoms with E-state index in [0.29, 0.717) is 41.8 Å². The van der Waals surface area contributed by atoms with Crippen molar-refractivity contribution in [3.8, 4) is 0 Å². The molecule has 2 heterocycles. The predicted octanol–water partition coefficient (Wildman–Crippen LogP) is 3.39. The lowest BCUT2D eigenvalue weighted by Crippen LogP contribution is -2.27. The maximum absolute atomic E-state index is 12.4. The summed E-state index contributed by atoms with van der Waals surface area (Å²) in [5.41, 5.74) is 3.34. The number of aromatic nitrogens is 3. The number of benzene rings is 2. The molecule has 2 aromatic carbocycles. The number of carbonyl (C=O) groups is 1. The molecule has 0 bridgehead atoms. The zero-order valence-electron chi connectivity index (χ0n) is 22.5. The normalized spacial score (nSPS) is 11.5. The van der Waals surface area contributed by atoms with Crippen LogP contribution in [0.15, 0.2) is 60.8 Å². The number of fused-ring (bicyclic) bond motifs is 1. The summed E-state index contributed by atoms with van der Waals surface area (Å²) >= 11 is 0. The van der Waals surface area contributed by atoms with Gasteiger partial charge in [0.2, 0.25) is 16.0 Å². The van der Waals surface area contributed by atoms with Gasteiger partial charge in [0.15, 0.2) is 0 Å². The number of hydrogen-bond acceptors (Lipinski definition) is 8. The summed E-state index contributed by atoms with van der Waals surface area (Å²) in [5.74, 6) is 0.849. The van der Waals surface area contributed by atoms with Crippen molar-refractivity contribution in [3.05, 3.63) is 71.9 Å². The first-order valence-corrected chi connectivity index (χ1v) is 14.4. The van der Waals surface area contributed by atoms with Crippen LogP contribution in [0.3, 0.4) is 0 Å². The summed E-state index contributed by atoms with van der Waals surface area (Å²) in [7, 11) is 2.13. The molecule has 39 heavy (non-hydrogen) atoms. The molecular weight excluding hydrogens is 516 g/mol. The molecule has 12 heteroatoms. The van der Waals surface area contributed by atoms with Crippen LogP contribution in [0.4, 0.5) is 23.1 Å². The molecule has 0 aliphatic rings. The minimum atomic E-state index is -3.41. The molecule has 4 aromatic rings. The third-order valence-corrected chi connectivity index (χ3v) is 7.35. The Kier molecular flexibility index (Phi) is 8.67. The van der Waals surface area contributed by atoms with Gasteiger partial charge in [0.1, 0.15) is 11.5 Å². The number of amides is 1.